The number of hydrogen-bond donors (Lipinski definition) is 2. The number of carbonyl (C=O) groups is 1. The van der Waals surface area contributed by atoms with E-state index in [2.05, 4.69) is 36.8 Å². The normalized spacial score (nSPS) is 12.7. The third kappa shape index (κ3) is 7.72. The standard InChI is InChI=1S/C9H24N2O2Si2/c1-9(12)11-8-15(5,6)13-14(3,4)7-10-2/h10H,7-8H2,1-6H3,(H,11,12). The van der Waals surface area contributed by atoms with Gasteiger partial charge in [-0.2, -0.15) is 0 Å². The molecule has 0 saturated carbocycles. The Hall–Kier alpha value is -0.176. The van der Waals surface area contributed by atoms with Gasteiger partial charge in [-0.15, -0.1) is 0 Å². The average Bonchev–Trinajstić information content (AvgIpc) is 1.98. The molecule has 0 radical (unpaired) electrons. The predicted molar refractivity (Wildman–Crippen MR) is 68.7 cm³/mol. The van der Waals surface area contributed by atoms with Gasteiger partial charge in [-0.3, -0.25) is 4.79 Å². The van der Waals surface area contributed by atoms with Crippen LogP contribution in [0, 0.1) is 0 Å². The molecule has 6 heteroatoms. The third-order valence-electron chi connectivity index (χ3n) is 1.92. The van der Waals surface area contributed by atoms with Crippen LogP contribution in [0.5, 0.6) is 0 Å². The molecule has 0 saturated heterocycles. The summed E-state index contributed by atoms with van der Waals surface area (Å²) >= 11 is 0. The predicted octanol–water partition coefficient (Wildman–Crippen LogP) is 0.847. The van der Waals surface area contributed by atoms with Gasteiger partial charge in [0.1, 0.15) is 0 Å². The summed E-state index contributed by atoms with van der Waals surface area (Å²) in [6.45, 7) is 10.2. The van der Waals surface area contributed by atoms with Gasteiger partial charge in [-0.05, 0) is 33.2 Å². The highest BCUT2D eigenvalue weighted by atomic mass is 28.4. The monoisotopic (exact) mass is 248 g/mol. The zero-order valence-electron chi connectivity index (χ0n) is 10.7. The van der Waals surface area contributed by atoms with Crippen molar-refractivity contribution in [2.45, 2.75) is 33.1 Å². The van der Waals surface area contributed by atoms with Crippen LogP contribution < -0.4 is 10.6 Å². The lowest BCUT2D eigenvalue weighted by Gasteiger charge is -2.33. The highest BCUT2D eigenvalue weighted by molar-refractivity contribution is 6.85. The Morgan fingerprint density at radius 3 is 2.00 bits per heavy atom. The molecule has 0 bridgehead atoms. The Morgan fingerprint density at radius 2 is 1.60 bits per heavy atom. The molecule has 0 atom stereocenters. The number of rotatable bonds is 6. The Balaban J connectivity index is 4.16. The highest BCUT2D eigenvalue weighted by Gasteiger charge is 2.32. The van der Waals surface area contributed by atoms with E-state index in [4.69, 9.17) is 4.12 Å². The number of hydrogen-bond acceptors (Lipinski definition) is 3. The summed E-state index contributed by atoms with van der Waals surface area (Å²) in [7, 11) is -1.42. The lowest BCUT2D eigenvalue weighted by Crippen LogP contribution is -2.54. The van der Waals surface area contributed by atoms with Crippen LogP contribution in [0.2, 0.25) is 26.2 Å². The Kier molecular flexibility index (Phi) is 5.72. The lowest BCUT2D eigenvalue weighted by atomic mass is 10.7. The third-order valence-corrected chi connectivity index (χ3v) is 8.57. The molecule has 15 heavy (non-hydrogen) atoms. The fraction of sp³-hybridized carbons (Fsp3) is 0.889. The molecule has 0 aromatic rings. The summed E-state index contributed by atoms with van der Waals surface area (Å²) in [5.74, 6) is 0.0206. The molecule has 0 aliphatic heterocycles. The van der Waals surface area contributed by atoms with Crippen molar-refractivity contribution < 1.29 is 8.91 Å². The first-order valence-corrected chi connectivity index (χ1v) is 11.5. The first-order valence-electron chi connectivity index (χ1n) is 5.28. The van der Waals surface area contributed by atoms with Crippen LogP contribution in [0.3, 0.4) is 0 Å². The van der Waals surface area contributed by atoms with Crippen molar-refractivity contribution in [3.63, 3.8) is 0 Å². The second kappa shape index (κ2) is 5.78. The van der Waals surface area contributed by atoms with Crippen LogP contribution in [-0.2, 0) is 8.91 Å². The molecule has 0 heterocycles. The minimum atomic E-state index is -1.75. The molecule has 0 rings (SSSR count). The van der Waals surface area contributed by atoms with Gasteiger partial charge in [0.05, 0.1) is 0 Å². The SMILES string of the molecule is CNC[Si](C)(C)O[Si](C)(C)CNC(C)=O. The molecule has 1 amide bonds. The molecular weight excluding hydrogens is 224 g/mol. The van der Waals surface area contributed by atoms with E-state index in [-0.39, 0.29) is 5.91 Å². The molecule has 0 unspecified atom stereocenters. The number of carbonyl (C=O) groups excluding carboxylic acids is 1. The Bertz CT molecular complexity index is 220. The molecule has 0 aromatic carbocycles. The summed E-state index contributed by atoms with van der Waals surface area (Å²) in [5, 5.41) is 6.02. The molecular formula is C9H24N2O2Si2. The number of amides is 1. The fourth-order valence-corrected chi connectivity index (χ4v) is 9.67. The molecule has 0 aliphatic rings. The van der Waals surface area contributed by atoms with E-state index in [1.165, 1.54) is 0 Å². The van der Waals surface area contributed by atoms with Crippen molar-refractivity contribution in [3.05, 3.63) is 0 Å². The van der Waals surface area contributed by atoms with Gasteiger partial charge in [0, 0.05) is 19.3 Å². The molecule has 0 fully saturated rings. The second-order valence-corrected chi connectivity index (χ2v) is 13.6. The van der Waals surface area contributed by atoms with Crippen LogP contribution in [0.1, 0.15) is 6.92 Å². The van der Waals surface area contributed by atoms with Gasteiger partial charge in [-0.1, -0.05) is 0 Å². The van der Waals surface area contributed by atoms with Crippen LogP contribution >= 0.6 is 0 Å². The van der Waals surface area contributed by atoms with E-state index < -0.39 is 16.6 Å². The van der Waals surface area contributed by atoms with E-state index in [9.17, 15) is 4.79 Å². The Morgan fingerprint density at radius 1 is 1.13 bits per heavy atom. The van der Waals surface area contributed by atoms with E-state index in [1.807, 2.05) is 7.05 Å². The zero-order valence-corrected chi connectivity index (χ0v) is 12.7. The van der Waals surface area contributed by atoms with Gasteiger partial charge in [0.15, 0.2) is 16.6 Å². The summed E-state index contributed by atoms with van der Waals surface area (Å²) in [4.78, 5) is 10.8. The van der Waals surface area contributed by atoms with Gasteiger partial charge in [0.25, 0.3) is 0 Å². The van der Waals surface area contributed by atoms with Gasteiger partial charge in [0.2, 0.25) is 5.91 Å². The lowest BCUT2D eigenvalue weighted by molar-refractivity contribution is -0.118. The van der Waals surface area contributed by atoms with Crippen LogP contribution in [0.25, 0.3) is 0 Å². The minimum Gasteiger partial charge on any atom is -0.453 e. The van der Waals surface area contributed by atoms with E-state index in [0.29, 0.717) is 6.17 Å². The Labute approximate surface area is 95.0 Å². The smallest absolute Gasteiger partial charge is 0.216 e. The van der Waals surface area contributed by atoms with Crippen molar-refractivity contribution in [3.8, 4) is 0 Å². The first-order chi connectivity index (χ1) is 6.68. The highest BCUT2D eigenvalue weighted by Crippen LogP contribution is 2.12. The van der Waals surface area contributed by atoms with Gasteiger partial charge in [-0.25, -0.2) is 0 Å². The maximum atomic E-state index is 10.8. The zero-order chi connectivity index (χ0) is 12.1. The van der Waals surface area contributed by atoms with Crippen molar-refractivity contribution in [2.75, 3.05) is 19.4 Å². The van der Waals surface area contributed by atoms with Crippen molar-refractivity contribution in [1.29, 1.82) is 0 Å². The second-order valence-electron chi connectivity index (χ2n) is 5.06. The molecule has 0 spiro atoms. The van der Waals surface area contributed by atoms with E-state index >= 15 is 0 Å². The quantitative estimate of drug-likeness (QED) is 0.685. The minimum absolute atomic E-state index is 0.0206. The van der Waals surface area contributed by atoms with Crippen LogP contribution in [-0.4, -0.2) is 41.9 Å². The number of nitrogens with one attached hydrogen (secondary N) is 2. The largest absolute Gasteiger partial charge is 0.453 e. The molecule has 0 aromatic heterocycles. The van der Waals surface area contributed by atoms with E-state index in [0.717, 1.165) is 6.17 Å². The van der Waals surface area contributed by atoms with Gasteiger partial charge >= 0.3 is 0 Å². The summed E-state index contributed by atoms with van der Waals surface area (Å²) in [6, 6.07) is 0. The fourth-order valence-electron chi connectivity index (χ4n) is 1.58. The maximum Gasteiger partial charge on any atom is 0.216 e. The molecule has 90 valence electrons. The summed E-state index contributed by atoms with van der Waals surface area (Å²) < 4.78 is 6.22. The molecule has 4 nitrogen and oxygen atoms in total. The van der Waals surface area contributed by atoms with Crippen LogP contribution in [0.4, 0.5) is 0 Å². The van der Waals surface area contributed by atoms with Crippen LogP contribution in [0.15, 0.2) is 0 Å². The average molecular weight is 248 g/mol. The molecule has 2 N–H and O–H groups in total. The molecule has 0 aliphatic carbocycles. The summed E-state index contributed by atoms with van der Waals surface area (Å²) in [5.41, 5.74) is 0. The van der Waals surface area contributed by atoms with Crippen molar-refractivity contribution >= 4 is 22.5 Å². The topological polar surface area (TPSA) is 50.4 Å². The summed E-state index contributed by atoms with van der Waals surface area (Å²) in [6.07, 6.45) is 1.64. The van der Waals surface area contributed by atoms with Gasteiger partial charge < -0.3 is 14.7 Å². The van der Waals surface area contributed by atoms with Crippen molar-refractivity contribution in [1.82, 2.24) is 10.6 Å². The van der Waals surface area contributed by atoms with Crippen molar-refractivity contribution in [2.24, 2.45) is 0 Å². The van der Waals surface area contributed by atoms with E-state index in [1.54, 1.807) is 6.92 Å². The first kappa shape index (κ1) is 14.8. The maximum absolute atomic E-state index is 10.8.